The van der Waals surface area contributed by atoms with E-state index in [-0.39, 0.29) is 30.9 Å². The molecule has 0 heterocycles. The molecule has 1 amide bonds. The lowest BCUT2D eigenvalue weighted by atomic mass is 9.85. The van der Waals surface area contributed by atoms with Crippen molar-refractivity contribution < 1.29 is 19.1 Å². The molecular weight excluding hydrogens is 464 g/mol. The van der Waals surface area contributed by atoms with Crippen LogP contribution in [0.1, 0.15) is 73.7 Å². The average molecular weight is 503 g/mol. The van der Waals surface area contributed by atoms with Gasteiger partial charge in [0, 0.05) is 12.1 Å². The fraction of sp³-hybridized carbons (Fsp3) is 0.355. The van der Waals surface area contributed by atoms with Crippen LogP contribution in [0.3, 0.4) is 0 Å². The molecule has 37 heavy (non-hydrogen) atoms. The Kier molecular flexibility index (Phi) is 9.48. The summed E-state index contributed by atoms with van der Waals surface area (Å²) in [5.41, 5.74) is 10.5. The van der Waals surface area contributed by atoms with Gasteiger partial charge in [-0.15, -0.1) is 0 Å². The van der Waals surface area contributed by atoms with E-state index in [0.29, 0.717) is 16.8 Å². The van der Waals surface area contributed by atoms with Crippen LogP contribution in [0, 0.1) is 0 Å². The Balaban J connectivity index is 2.13. The number of aryl methyl sites for hydroxylation is 1. The van der Waals surface area contributed by atoms with Gasteiger partial charge in [0.1, 0.15) is 0 Å². The van der Waals surface area contributed by atoms with Crippen LogP contribution < -0.4 is 15.4 Å². The smallest absolute Gasteiger partial charge is 0.414 e. The third-order valence-corrected chi connectivity index (χ3v) is 6.12. The standard InChI is InChI=1S/C31H38N2O4/c1-6-11-22-14-16-24(17-15-22)29(34)37-28-25(20-32)18-26(31(3,4)5)19-27(28)33(30(35)36-7-2)21-23-12-9-8-10-13-23/h8-10,12-19H,6-7,11,20-21,32H2,1-5H3. The maximum absolute atomic E-state index is 13.3. The van der Waals surface area contributed by atoms with E-state index in [1.165, 1.54) is 4.90 Å². The first-order valence-electron chi connectivity index (χ1n) is 12.8. The molecule has 0 aliphatic heterocycles. The summed E-state index contributed by atoms with van der Waals surface area (Å²) in [6.07, 6.45) is 1.44. The maximum Gasteiger partial charge on any atom is 0.414 e. The summed E-state index contributed by atoms with van der Waals surface area (Å²) in [5.74, 6) is -0.242. The Hall–Kier alpha value is -3.64. The van der Waals surface area contributed by atoms with Crippen molar-refractivity contribution in [2.45, 2.75) is 66.0 Å². The lowest BCUT2D eigenvalue weighted by Crippen LogP contribution is -2.32. The molecule has 0 spiro atoms. The average Bonchev–Trinajstić information content (AvgIpc) is 2.88. The highest BCUT2D eigenvalue weighted by atomic mass is 16.6. The van der Waals surface area contributed by atoms with Crippen LogP contribution >= 0.6 is 0 Å². The number of benzene rings is 3. The lowest BCUT2D eigenvalue weighted by Gasteiger charge is -2.29. The summed E-state index contributed by atoms with van der Waals surface area (Å²) in [4.78, 5) is 28.0. The summed E-state index contributed by atoms with van der Waals surface area (Å²) in [6, 6.07) is 20.9. The number of amides is 1. The minimum Gasteiger partial charge on any atom is -0.449 e. The van der Waals surface area contributed by atoms with Gasteiger partial charge in [0.2, 0.25) is 0 Å². The molecule has 6 heteroatoms. The zero-order valence-corrected chi connectivity index (χ0v) is 22.5. The third kappa shape index (κ3) is 7.20. The predicted octanol–water partition coefficient (Wildman–Crippen LogP) is 6.78. The van der Waals surface area contributed by atoms with Crippen LogP contribution in [0.15, 0.2) is 66.7 Å². The molecule has 0 saturated heterocycles. The number of hydrogen-bond donors (Lipinski definition) is 1. The highest BCUT2D eigenvalue weighted by Crippen LogP contribution is 2.39. The number of nitrogens with two attached hydrogens (primary N) is 1. The van der Waals surface area contributed by atoms with Crippen LogP contribution in [0.2, 0.25) is 0 Å². The summed E-state index contributed by atoms with van der Waals surface area (Å²) in [5, 5.41) is 0. The molecule has 0 bridgehead atoms. The molecule has 196 valence electrons. The van der Waals surface area contributed by atoms with E-state index in [0.717, 1.165) is 29.5 Å². The highest BCUT2D eigenvalue weighted by Gasteiger charge is 2.28. The first kappa shape index (κ1) is 27.9. The minimum absolute atomic E-state index is 0.136. The van der Waals surface area contributed by atoms with Gasteiger partial charge in [0.25, 0.3) is 0 Å². The summed E-state index contributed by atoms with van der Waals surface area (Å²) >= 11 is 0. The first-order chi connectivity index (χ1) is 17.7. The SMILES string of the molecule is CCCc1ccc(C(=O)Oc2c(CN)cc(C(C)(C)C)cc2N(Cc2ccccc2)C(=O)OCC)cc1. The predicted molar refractivity (Wildman–Crippen MR) is 148 cm³/mol. The molecule has 2 N–H and O–H groups in total. The second kappa shape index (κ2) is 12.5. The molecule has 0 radical (unpaired) electrons. The number of esters is 1. The number of ether oxygens (including phenoxy) is 2. The highest BCUT2D eigenvalue weighted by molar-refractivity contribution is 5.95. The van der Waals surface area contributed by atoms with Crippen LogP contribution in [0.4, 0.5) is 10.5 Å². The molecule has 0 aromatic heterocycles. The Morgan fingerprint density at radius 3 is 2.16 bits per heavy atom. The van der Waals surface area contributed by atoms with Gasteiger partial charge in [-0.2, -0.15) is 0 Å². The fourth-order valence-corrected chi connectivity index (χ4v) is 4.04. The van der Waals surface area contributed by atoms with Gasteiger partial charge in [-0.25, -0.2) is 9.59 Å². The van der Waals surface area contributed by atoms with Crippen molar-refractivity contribution in [2.24, 2.45) is 5.73 Å². The number of hydrogen-bond acceptors (Lipinski definition) is 5. The van der Waals surface area contributed by atoms with Crippen molar-refractivity contribution >= 4 is 17.7 Å². The van der Waals surface area contributed by atoms with Gasteiger partial charge in [-0.1, -0.05) is 82.6 Å². The quantitative estimate of drug-likeness (QED) is 0.258. The molecular formula is C31H38N2O4. The van der Waals surface area contributed by atoms with Gasteiger partial charge in [0.05, 0.1) is 24.4 Å². The molecule has 0 fully saturated rings. The third-order valence-electron chi connectivity index (χ3n) is 6.12. The normalized spacial score (nSPS) is 11.2. The molecule has 0 unspecified atom stereocenters. The van der Waals surface area contributed by atoms with E-state index in [1.807, 2.05) is 54.6 Å². The van der Waals surface area contributed by atoms with Crippen LogP contribution in [-0.4, -0.2) is 18.7 Å². The first-order valence-corrected chi connectivity index (χ1v) is 12.8. The molecule has 3 aromatic carbocycles. The number of rotatable bonds is 9. The monoisotopic (exact) mass is 502 g/mol. The molecule has 0 aliphatic rings. The van der Waals surface area contributed by atoms with Crippen LogP contribution in [-0.2, 0) is 29.7 Å². The van der Waals surface area contributed by atoms with E-state index in [2.05, 4.69) is 27.7 Å². The Morgan fingerprint density at radius 2 is 1.59 bits per heavy atom. The minimum atomic E-state index is -0.526. The van der Waals surface area contributed by atoms with Crippen molar-refractivity contribution in [2.75, 3.05) is 11.5 Å². The summed E-state index contributed by atoms with van der Waals surface area (Å²) in [7, 11) is 0. The van der Waals surface area contributed by atoms with Crippen molar-refractivity contribution in [3.05, 3.63) is 94.5 Å². The van der Waals surface area contributed by atoms with Gasteiger partial charge in [-0.05, 0) is 53.6 Å². The second-order valence-corrected chi connectivity index (χ2v) is 10.0. The molecule has 0 saturated carbocycles. The van der Waals surface area contributed by atoms with E-state index in [4.69, 9.17) is 15.2 Å². The summed E-state index contributed by atoms with van der Waals surface area (Å²) in [6.45, 7) is 10.7. The number of carbonyl (C=O) groups excluding carboxylic acids is 2. The molecule has 3 rings (SSSR count). The van der Waals surface area contributed by atoms with Crippen molar-refractivity contribution in [1.82, 2.24) is 0 Å². The Labute approximate surface area is 220 Å². The molecule has 0 aliphatic carbocycles. The number of anilines is 1. The van der Waals surface area contributed by atoms with E-state index >= 15 is 0 Å². The molecule has 0 atom stereocenters. The molecule has 6 nitrogen and oxygen atoms in total. The number of nitrogens with zero attached hydrogens (tertiary/aromatic N) is 1. The van der Waals surface area contributed by atoms with Crippen molar-refractivity contribution in [1.29, 1.82) is 0 Å². The zero-order chi connectivity index (χ0) is 27.0. The largest absolute Gasteiger partial charge is 0.449 e. The molecule has 3 aromatic rings. The zero-order valence-electron chi connectivity index (χ0n) is 22.5. The van der Waals surface area contributed by atoms with Gasteiger partial charge >= 0.3 is 12.1 Å². The van der Waals surface area contributed by atoms with Gasteiger partial charge < -0.3 is 15.2 Å². The fourth-order valence-electron chi connectivity index (χ4n) is 4.04. The van der Waals surface area contributed by atoms with Crippen LogP contribution in [0.5, 0.6) is 5.75 Å². The van der Waals surface area contributed by atoms with E-state index in [9.17, 15) is 9.59 Å². The van der Waals surface area contributed by atoms with Crippen LogP contribution in [0.25, 0.3) is 0 Å². The Bertz CT molecular complexity index is 1200. The van der Waals surface area contributed by atoms with E-state index in [1.54, 1.807) is 19.1 Å². The number of carbonyl (C=O) groups is 2. The van der Waals surface area contributed by atoms with E-state index < -0.39 is 12.1 Å². The van der Waals surface area contributed by atoms with Gasteiger partial charge in [0.15, 0.2) is 5.75 Å². The van der Waals surface area contributed by atoms with Crippen molar-refractivity contribution in [3.8, 4) is 5.75 Å². The van der Waals surface area contributed by atoms with Gasteiger partial charge in [-0.3, -0.25) is 4.90 Å². The maximum atomic E-state index is 13.3. The topological polar surface area (TPSA) is 81.9 Å². The Morgan fingerprint density at radius 1 is 0.919 bits per heavy atom. The summed E-state index contributed by atoms with van der Waals surface area (Å²) < 4.78 is 11.4. The lowest BCUT2D eigenvalue weighted by molar-refractivity contribution is 0.0733. The second-order valence-electron chi connectivity index (χ2n) is 10.0. The van der Waals surface area contributed by atoms with Crippen molar-refractivity contribution in [3.63, 3.8) is 0 Å².